The van der Waals surface area contributed by atoms with Gasteiger partial charge in [0.2, 0.25) is 11.8 Å². The number of nitrogens with zero attached hydrogens (tertiary/aromatic N) is 3. The lowest BCUT2D eigenvalue weighted by Gasteiger charge is -2.31. The molecule has 2 rings (SSSR count). The van der Waals surface area contributed by atoms with Crippen LogP contribution in [-0.4, -0.2) is 38.6 Å². The summed E-state index contributed by atoms with van der Waals surface area (Å²) < 4.78 is 1.71. The summed E-state index contributed by atoms with van der Waals surface area (Å²) >= 11 is 0. The molecule has 1 saturated heterocycles. The standard InChI is InChI=1S/C13H20N4O2/c1-4-13(2)12(19)17(6-5-11(18)15-13)9-10-7-14-16(3)8-10/h7-8H,4-6,9H2,1-3H3,(H,15,18). The Labute approximate surface area is 112 Å². The van der Waals surface area contributed by atoms with Gasteiger partial charge < -0.3 is 10.2 Å². The van der Waals surface area contributed by atoms with E-state index in [0.29, 0.717) is 25.9 Å². The highest BCUT2D eigenvalue weighted by Crippen LogP contribution is 2.19. The van der Waals surface area contributed by atoms with E-state index in [9.17, 15) is 9.59 Å². The van der Waals surface area contributed by atoms with E-state index < -0.39 is 5.54 Å². The van der Waals surface area contributed by atoms with E-state index in [1.54, 1.807) is 22.7 Å². The Kier molecular flexibility index (Phi) is 3.59. The van der Waals surface area contributed by atoms with Crippen molar-refractivity contribution in [3.8, 4) is 0 Å². The smallest absolute Gasteiger partial charge is 0.248 e. The Morgan fingerprint density at radius 3 is 2.79 bits per heavy atom. The average molecular weight is 264 g/mol. The second-order valence-electron chi connectivity index (χ2n) is 5.23. The summed E-state index contributed by atoms with van der Waals surface area (Å²) in [5.74, 6) is -0.0870. The van der Waals surface area contributed by atoms with Gasteiger partial charge in [0.05, 0.1) is 6.20 Å². The van der Waals surface area contributed by atoms with Crippen molar-refractivity contribution in [2.45, 2.75) is 38.8 Å². The second-order valence-corrected chi connectivity index (χ2v) is 5.23. The molecular weight excluding hydrogens is 244 g/mol. The number of nitrogens with one attached hydrogen (secondary N) is 1. The lowest BCUT2D eigenvalue weighted by molar-refractivity contribution is -0.138. The molecule has 0 saturated carbocycles. The van der Waals surface area contributed by atoms with Crippen LogP contribution in [0, 0.1) is 0 Å². The molecule has 0 radical (unpaired) electrons. The third-order valence-electron chi connectivity index (χ3n) is 3.62. The molecule has 1 unspecified atom stereocenters. The molecule has 1 N–H and O–H groups in total. The Balaban J connectivity index is 2.19. The molecule has 104 valence electrons. The van der Waals surface area contributed by atoms with Crippen molar-refractivity contribution in [3.63, 3.8) is 0 Å². The van der Waals surface area contributed by atoms with Gasteiger partial charge in [-0.1, -0.05) is 6.92 Å². The monoisotopic (exact) mass is 264 g/mol. The summed E-state index contributed by atoms with van der Waals surface area (Å²) in [6, 6.07) is 0. The maximum absolute atomic E-state index is 12.5. The van der Waals surface area contributed by atoms with Crippen molar-refractivity contribution < 1.29 is 9.59 Å². The molecule has 1 aliphatic rings. The van der Waals surface area contributed by atoms with Gasteiger partial charge in [-0.2, -0.15) is 5.10 Å². The third-order valence-corrected chi connectivity index (χ3v) is 3.62. The van der Waals surface area contributed by atoms with Crippen LogP contribution in [0.3, 0.4) is 0 Å². The Bertz CT molecular complexity index is 497. The highest BCUT2D eigenvalue weighted by atomic mass is 16.2. The van der Waals surface area contributed by atoms with E-state index in [1.165, 1.54) is 0 Å². The van der Waals surface area contributed by atoms with Crippen LogP contribution < -0.4 is 5.32 Å². The second kappa shape index (κ2) is 5.03. The van der Waals surface area contributed by atoms with Crippen molar-refractivity contribution in [1.29, 1.82) is 0 Å². The first kappa shape index (κ1) is 13.6. The van der Waals surface area contributed by atoms with Crippen molar-refractivity contribution in [2.24, 2.45) is 7.05 Å². The van der Waals surface area contributed by atoms with Gasteiger partial charge >= 0.3 is 0 Å². The van der Waals surface area contributed by atoms with Crippen molar-refractivity contribution in [3.05, 3.63) is 18.0 Å². The fourth-order valence-corrected chi connectivity index (χ4v) is 2.28. The normalized spacial score (nSPS) is 24.3. The van der Waals surface area contributed by atoms with E-state index in [0.717, 1.165) is 5.56 Å². The number of hydrogen-bond acceptors (Lipinski definition) is 3. The zero-order valence-corrected chi connectivity index (χ0v) is 11.6. The average Bonchev–Trinajstić information content (AvgIpc) is 2.74. The van der Waals surface area contributed by atoms with Crippen molar-refractivity contribution in [2.75, 3.05) is 6.54 Å². The molecule has 2 amide bonds. The van der Waals surface area contributed by atoms with Gasteiger partial charge in [0.1, 0.15) is 5.54 Å². The molecule has 1 aromatic heterocycles. The van der Waals surface area contributed by atoms with E-state index in [1.807, 2.05) is 20.2 Å². The Hall–Kier alpha value is -1.85. The van der Waals surface area contributed by atoms with Gasteiger partial charge in [-0.15, -0.1) is 0 Å². The molecular formula is C13H20N4O2. The van der Waals surface area contributed by atoms with Crippen molar-refractivity contribution >= 4 is 11.8 Å². The first-order valence-electron chi connectivity index (χ1n) is 6.52. The first-order valence-corrected chi connectivity index (χ1v) is 6.52. The molecule has 0 aliphatic carbocycles. The minimum atomic E-state index is -0.796. The molecule has 0 bridgehead atoms. The summed E-state index contributed by atoms with van der Waals surface area (Å²) in [6.07, 6.45) is 4.57. The largest absolute Gasteiger partial charge is 0.342 e. The molecule has 1 fully saturated rings. The summed E-state index contributed by atoms with van der Waals surface area (Å²) in [5, 5.41) is 6.92. The fourth-order valence-electron chi connectivity index (χ4n) is 2.28. The molecule has 19 heavy (non-hydrogen) atoms. The van der Waals surface area contributed by atoms with E-state index in [2.05, 4.69) is 10.4 Å². The van der Waals surface area contributed by atoms with Gasteiger partial charge in [0.25, 0.3) is 0 Å². The lowest BCUT2D eigenvalue weighted by atomic mass is 9.97. The highest BCUT2D eigenvalue weighted by molar-refractivity contribution is 5.93. The van der Waals surface area contributed by atoms with Crippen LogP contribution in [-0.2, 0) is 23.2 Å². The van der Waals surface area contributed by atoms with Crippen LogP contribution in [0.1, 0.15) is 32.3 Å². The maximum atomic E-state index is 12.5. The first-order chi connectivity index (χ1) is 8.94. The predicted octanol–water partition coefficient (Wildman–Crippen LogP) is 0.437. The molecule has 0 aromatic carbocycles. The number of rotatable bonds is 3. The molecule has 2 heterocycles. The van der Waals surface area contributed by atoms with Crippen LogP contribution in [0.25, 0.3) is 0 Å². The van der Waals surface area contributed by atoms with E-state index >= 15 is 0 Å². The Morgan fingerprint density at radius 2 is 2.21 bits per heavy atom. The fraction of sp³-hybridized carbons (Fsp3) is 0.615. The number of carbonyl (C=O) groups excluding carboxylic acids is 2. The van der Waals surface area contributed by atoms with E-state index in [4.69, 9.17) is 0 Å². The minimum absolute atomic E-state index is 0.0234. The number of aromatic nitrogens is 2. The highest BCUT2D eigenvalue weighted by Gasteiger charge is 2.39. The zero-order valence-electron chi connectivity index (χ0n) is 11.6. The summed E-state index contributed by atoms with van der Waals surface area (Å²) in [4.78, 5) is 26.0. The molecule has 1 atom stereocenters. The SMILES string of the molecule is CCC1(C)NC(=O)CCN(Cc2cnn(C)c2)C1=O. The quantitative estimate of drug-likeness (QED) is 0.861. The minimum Gasteiger partial charge on any atom is -0.342 e. The van der Waals surface area contributed by atoms with Gasteiger partial charge in [-0.25, -0.2) is 0 Å². The summed E-state index contributed by atoms with van der Waals surface area (Å²) in [6.45, 7) is 4.65. The van der Waals surface area contributed by atoms with Gasteiger partial charge in [0, 0.05) is 38.3 Å². The number of amides is 2. The summed E-state index contributed by atoms with van der Waals surface area (Å²) in [5.41, 5.74) is 0.180. The number of hydrogen-bond donors (Lipinski definition) is 1. The maximum Gasteiger partial charge on any atom is 0.248 e. The molecule has 6 nitrogen and oxygen atoms in total. The molecule has 0 spiro atoms. The molecule has 1 aromatic rings. The predicted molar refractivity (Wildman–Crippen MR) is 70.1 cm³/mol. The van der Waals surface area contributed by atoms with Gasteiger partial charge in [-0.05, 0) is 13.3 Å². The third kappa shape index (κ3) is 2.77. The van der Waals surface area contributed by atoms with Crippen LogP contribution >= 0.6 is 0 Å². The Morgan fingerprint density at radius 1 is 1.47 bits per heavy atom. The van der Waals surface area contributed by atoms with E-state index in [-0.39, 0.29) is 11.8 Å². The molecule has 6 heteroatoms. The van der Waals surface area contributed by atoms with Crippen LogP contribution in [0.2, 0.25) is 0 Å². The van der Waals surface area contributed by atoms with Crippen molar-refractivity contribution in [1.82, 2.24) is 20.0 Å². The van der Waals surface area contributed by atoms with Gasteiger partial charge in [0.15, 0.2) is 0 Å². The summed E-state index contributed by atoms with van der Waals surface area (Å²) in [7, 11) is 1.84. The van der Waals surface area contributed by atoms with Crippen LogP contribution in [0.15, 0.2) is 12.4 Å². The van der Waals surface area contributed by atoms with Crippen LogP contribution in [0.5, 0.6) is 0 Å². The molecule has 1 aliphatic heterocycles. The van der Waals surface area contributed by atoms with Crippen LogP contribution in [0.4, 0.5) is 0 Å². The number of aryl methyl sites for hydroxylation is 1. The lowest BCUT2D eigenvalue weighted by Crippen LogP contribution is -2.54. The topological polar surface area (TPSA) is 67.2 Å². The zero-order chi connectivity index (χ0) is 14.0. The number of carbonyl (C=O) groups is 2. The van der Waals surface area contributed by atoms with Gasteiger partial charge in [-0.3, -0.25) is 14.3 Å².